The number of anilines is 1. The maximum atomic E-state index is 5.90. The van der Waals surface area contributed by atoms with Crippen molar-refractivity contribution < 1.29 is 4.74 Å². The Labute approximate surface area is 110 Å². The van der Waals surface area contributed by atoms with Gasteiger partial charge in [0.15, 0.2) is 16.6 Å². The molecule has 0 aliphatic rings. The highest BCUT2D eigenvalue weighted by atomic mass is 32.2. The lowest BCUT2D eigenvalue weighted by molar-refractivity contribution is 0.188. The van der Waals surface area contributed by atoms with Gasteiger partial charge in [-0.1, -0.05) is 18.7 Å². The van der Waals surface area contributed by atoms with E-state index in [0.717, 1.165) is 17.8 Å². The number of hydrogen-bond donors (Lipinski definition) is 1. The van der Waals surface area contributed by atoms with E-state index >= 15 is 0 Å². The molecule has 7 heteroatoms. The minimum Gasteiger partial charge on any atom is -0.383 e. The molecule has 2 aromatic heterocycles. The zero-order valence-corrected chi connectivity index (χ0v) is 11.4. The van der Waals surface area contributed by atoms with Crippen molar-refractivity contribution in [3.05, 3.63) is 6.33 Å². The average Bonchev–Trinajstić information content (AvgIpc) is 2.77. The number of rotatable bonds is 6. The predicted octanol–water partition coefficient (Wildman–Crippen LogP) is 1.56. The number of fused-ring (bicyclic) bond motifs is 1. The van der Waals surface area contributed by atoms with Crippen LogP contribution in [-0.2, 0) is 11.3 Å². The van der Waals surface area contributed by atoms with Crippen LogP contribution >= 0.6 is 11.8 Å². The van der Waals surface area contributed by atoms with Gasteiger partial charge in [0.05, 0.1) is 12.9 Å². The molecule has 0 fully saturated rings. The minimum atomic E-state index is 0.440. The van der Waals surface area contributed by atoms with Gasteiger partial charge in [-0.25, -0.2) is 15.0 Å². The van der Waals surface area contributed by atoms with E-state index in [9.17, 15) is 0 Å². The normalized spacial score (nSPS) is 11.2. The van der Waals surface area contributed by atoms with Crippen molar-refractivity contribution in [3.63, 3.8) is 0 Å². The van der Waals surface area contributed by atoms with Gasteiger partial charge in [0.25, 0.3) is 0 Å². The van der Waals surface area contributed by atoms with Crippen LogP contribution in [0.2, 0.25) is 0 Å². The summed E-state index contributed by atoms with van der Waals surface area (Å²) in [5.74, 6) is 1.42. The number of thioether (sulfide) groups is 1. The molecular formula is C11H17N5OS. The third-order valence-corrected chi connectivity index (χ3v) is 3.50. The fourth-order valence-corrected chi connectivity index (χ4v) is 2.26. The Morgan fingerprint density at radius 3 is 3.00 bits per heavy atom. The molecule has 2 heterocycles. The summed E-state index contributed by atoms with van der Waals surface area (Å²) in [7, 11) is 1.67. The minimum absolute atomic E-state index is 0.440. The van der Waals surface area contributed by atoms with Gasteiger partial charge >= 0.3 is 0 Å². The topological polar surface area (TPSA) is 78.8 Å². The lowest BCUT2D eigenvalue weighted by Crippen LogP contribution is -2.05. The lowest BCUT2D eigenvalue weighted by Gasteiger charge is -2.04. The Bertz CT molecular complexity index is 527. The molecule has 0 amide bonds. The molecule has 0 aliphatic carbocycles. The molecule has 0 bridgehead atoms. The van der Waals surface area contributed by atoms with Crippen LogP contribution in [0.1, 0.15) is 13.3 Å². The molecule has 2 aromatic rings. The van der Waals surface area contributed by atoms with Crippen molar-refractivity contribution in [2.45, 2.75) is 25.0 Å². The van der Waals surface area contributed by atoms with Crippen LogP contribution < -0.4 is 5.73 Å². The molecule has 0 aliphatic heterocycles. The van der Waals surface area contributed by atoms with Crippen LogP contribution in [0.3, 0.4) is 0 Å². The zero-order valence-electron chi connectivity index (χ0n) is 10.6. The van der Waals surface area contributed by atoms with Crippen molar-refractivity contribution in [2.24, 2.45) is 0 Å². The van der Waals surface area contributed by atoms with Gasteiger partial charge in [0.1, 0.15) is 5.52 Å². The number of imidazole rings is 1. The molecule has 0 saturated carbocycles. The monoisotopic (exact) mass is 267 g/mol. The third kappa shape index (κ3) is 2.73. The van der Waals surface area contributed by atoms with Gasteiger partial charge in [-0.3, -0.25) is 0 Å². The van der Waals surface area contributed by atoms with Gasteiger partial charge in [-0.15, -0.1) is 0 Å². The molecule has 6 nitrogen and oxygen atoms in total. The average molecular weight is 267 g/mol. The number of nitrogens with zero attached hydrogens (tertiary/aromatic N) is 4. The molecule has 2 rings (SSSR count). The van der Waals surface area contributed by atoms with Crippen LogP contribution in [0.15, 0.2) is 11.5 Å². The molecule has 0 aromatic carbocycles. The second-order valence-corrected chi connectivity index (χ2v) is 4.90. The molecule has 0 radical (unpaired) electrons. The summed E-state index contributed by atoms with van der Waals surface area (Å²) >= 11 is 1.61. The van der Waals surface area contributed by atoms with E-state index in [4.69, 9.17) is 10.5 Å². The van der Waals surface area contributed by atoms with Gasteiger partial charge in [-0.05, 0) is 6.42 Å². The van der Waals surface area contributed by atoms with Crippen LogP contribution in [0.25, 0.3) is 11.2 Å². The first-order valence-electron chi connectivity index (χ1n) is 5.86. The highest BCUT2D eigenvalue weighted by molar-refractivity contribution is 7.99. The molecule has 0 atom stereocenters. The quantitative estimate of drug-likeness (QED) is 0.632. The summed E-state index contributed by atoms with van der Waals surface area (Å²) in [6.07, 6.45) is 2.80. The molecule has 2 N–H and O–H groups in total. The van der Waals surface area contributed by atoms with E-state index in [1.54, 1.807) is 25.2 Å². The number of ether oxygens (including phenoxy) is 1. The Morgan fingerprint density at radius 1 is 1.44 bits per heavy atom. The molecular weight excluding hydrogens is 250 g/mol. The van der Waals surface area contributed by atoms with Gasteiger partial charge in [0, 0.05) is 19.4 Å². The second kappa shape index (κ2) is 6.01. The highest BCUT2D eigenvalue weighted by Crippen LogP contribution is 2.21. The zero-order chi connectivity index (χ0) is 13.0. The smallest absolute Gasteiger partial charge is 0.191 e. The molecule has 18 heavy (non-hydrogen) atoms. The van der Waals surface area contributed by atoms with E-state index in [2.05, 4.69) is 21.9 Å². The van der Waals surface area contributed by atoms with Crippen molar-refractivity contribution in [1.29, 1.82) is 0 Å². The molecule has 0 unspecified atom stereocenters. The van der Waals surface area contributed by atoms with E-state index in [-0.39, 0.29) is 0 Å². The Balaban J connectivity index is 2.34. The first-order valence-corrected chi connectivity index (χ1v) is 6.85. The summed E-state index contributed by atoms with van der Waals surface area (Å²) in [6, 6.07) is 0. The summed E-state index contributed by atoms with van der Waals surface area (Å²) in [4.78, 5) is 13.0. The number of nitrogens with two attached hydrogens (primary N) is 1. The Kier molecular flexibility index (Phi) is 4.38. The van der Waals surface area contributed by atoms with Crippen LogP contribution in [0.5, 0.6) is 0 Å². The van der Waals surface area contributed by atoms with Crippen molar-refractivity contribution in [1.82, 2.24) is 19.5 Å². The lowest BCUT2D eigenvalue weighted by atomic mass is 10.5. The van der Waals surface area contributed by atoms with Gasteiger partial charge in [0.2, 0.25) is 0 Å². The van der Waals surface area contributed by atoms with E-state index in [1.165, 1.54) is 0 Å². The number of aromatic nitrogens is 4. The van der Waals surface area contributed by atoms with Crippen molar-refractivity contribution in [3.8, 4) is 0 Å². The van der Waals surface area contributed by atoms with Crippen LogP contribution in [-0.4, -0.2) is 39.0 Å². The first-order chi connectivity index (χ1) is 8.76. The third-order valence-electron chi connectivity index (χ3n) is 2.44. The Morgan fingerprint density at radius 2 is 2.28 bits per heavy atom. The van der Waals surface area contributed by atoms with E-state index in [0.29, 0.717) is 29.6 Å². The second-order valence-electron chi connectivity index (χ2n) is 3.84. The molecule has 0 spiro atoms. The number of nitrogen functional groups attached to an aromatic ring is 1. The number of hydrogen-bond acceptors (Lipinski definition) is 6. The predicted molar refractivity (Wildman–Crippen MR) is 72.6 cm³/mol. The summed E-state index contributed by atoms with van der Waals surface area (Å²) in [5.41, 5.74) is 7.33. The van der Waals surface area contributed by atoms with E-state index in [1.807, 2.05) is 4.57 Å². The summed E-state index contributed by atoms with van der Waals surface area (Å²) in [5, 5.41) is 0.709. The maximum absolute atomic E-state index is 5.90. The standard InChI is InChI=1S/C11H17N5OS/c1-3-6-18-11-14-9(12)8-10(15-11)16(7-13-8)4-5-17-2/h7H,3-6H2,1-2H3,(H2,12,14,15). The fraction of sp³-hybridized carbons (Fsp3) is 0.545. The van der Waals surface area contributed by atoms with Gasteiger partial charge < -0.3 is 15.0 Å². The Hall–Kier alpha value is -1.34. The SMILES string of the molecule is CCCSc1nc(N)c2ncn(CCOC)c2n1. The van der Waals surface area contributed by atoms with Crippen LogP contribution in [0, 0.1) is 0 Å². The summed E-state index contributed by atoms with van der Waals surface area (Å²) in [6.45, 7) is 3.45. The van der Waals surface area contributed by atoms with Crippen molar-refractivity contribution in [2.75, 3.05) is 25.2 Å². The molecule has 0 saturated heterocycles. The summed E-state index contributed by atoms with van der Waals surface area (Å²) < 4.78 is 7.00. The fourth-order valence-electron chi connectivity index (χ4n) is 1.56. The molecule has 98 valence electrons. The first kappa shape index (κ1) is 13.1. The largest absolute Gasteiger partial charge is 0.383 e. The number of methoxy groups -OCH3 is 1. The van der Waals surface area contributed by atoms with E-state index < -0.39 is 0 Å². The highest BCUT2D eigenvalue weighted by Gasteiger charge is 2.11. The van der Waals surface area contributed by atoms with Crippen LogP contribution in [0.4, 0.5) is 5.82 Å². The van der Waals surface area contributed by atoms with Crippen molar-refractivity contribution >= 4 is 28.7 Å². The van der Waals surface area contributed by atoms with Gasteiger partial charge in [-0.2, -0.15) is 0 Å². The maximum Gasteiger partial charge on any atom is 0.191 e.